The Labute approximate surface area is 70.2 Å². The zero-order valence-corrected chi connectivity index (χ0v) is 6.71. The lowest BCUT2D eigenvalue weighted by atomic mass is 10.2. The van der Waals surface area contributed by atoms with Crippen molar-refractivity contribution in [3.05, 3.63) is 29.6 Å². The van der Waals surface area contributed by atoms with Crippen LogP contribution in [0.5, 0.6) is 0 Å². The number of pyridine rings is 1. The van der Waals surface area contributed by atoms with E-state index in [9.17, 15) is 4.79 Å². The van der Waals surface area contributed by atoms with Crippen LogP contribution in [0.15, 0.2) is 18.2 Å². The van der Waals surface area contributed by atoms with Gasteiger partial charge >= 0.3 is 0 Å². The van der Waals surface area contributed by atoms with Gasteiger partial charge in [0.2, 0.25) is 0 Å². The number of rotatable bonds is 3. The topological polar surface area (TPSA) is 30.0 Å². The molecule has 1 aromatic heterocycles. The van der Waals surface area contributed by atoms with Crippen molar-refractivity contribution in [1.29, 1.82) is 0 Å². The fourth-order valence-electron chi connectivity index (χ4n) is 0.803. The second kappa shape index (κ2) is 4.09. The molecule has 58 valence electrons. The lowest BCUT2D eigenvalue weighted by Gasteiger charge is -1.96. The Kier molecular flexibility index (Phi) is 3.05. The van der Waals surface area contributed by atoms with Crippen LogP contribution in [0.1, 0.15) is 11.4 Å². The molecule has 0 aromatic carbocycles. The molecule has 0 aliphatic rings. The van der Waals surface area contributed by atoms with E-state index >= 15 is 0 Å². The van der Waals surface area contributed by atoms with Crippen molar-refractivity contribution in [2.45, 2.75) is 12.3 Å². The fourth-order valence-corrected chi connectivity index (χ4v) is 0.952. The fraction of sp³-hybridized carbons (Fsp3) is 0.250. The molecule has 0 spiro atoms. The molecule has 0 saturated carbocycles. The molecule has 0 atom stereocenters. The van der Waals surface area contributed by atoms with Crippen LogP contribution in [0.25, 0.3) is 0 Å². The Hall–Kier alpha value is -0.890. The van der Waals surface area contributed by atoms with Crippen LogP contribution >= 0.6 is 11.6 Å². The molecule has 0 amide bonds. The third-order valence-electron chi connectivity index (χ3n) is 1.29. The number of carbonyl (C=O) groups is 1. The summed E-state index contributed by atoms with van der Waals surface area (Å²) >= 11 is 5.55. The number of nitrogens with zero attached hydrogens (tertiary/aromatic N) is 1. The van der Waals surface area contributed by atoms with E-state index in [0.717, 1.165) is 17.7 Å². The maximum atomic E-state index is 10.1. The van der Waals surface area contributed by atoms with E-state index in [-0.39, 0.29) is 0 Å². The molecule has 0 aliphatic carbocycles. The highest BCUT2D eigenvalue weighted by Gasteiger charge is 1.94. The summed E-state index contributed by atoms with van der Waals surface area (Å²) in [7, 11) is 0. The van der Waals surface area contributed by atoms with Gasteiger partial charge in [0.25, 0.3) is 0 Å². The minimum atomic E-state index is 0.366. The average molecular weight is 170 g/mol. The number of halogens is 1. The number of carbonyl (C=O) groups excluding carboxylic acids is 1. The number of hydrogen-bond donors (Lipinski definition) is 0. The van der Waals surface area contributed by atoms with Gasteiger partial charge in [-0.1, -0.05) is 6.07 Å². The first-order chi connectivity index (χ1) is 5.36. The summed E-state index contributed by atoms with van der Waals surface area (Å²) < 4.78 is 0. The second-order valence-corrected chi connectivity index (χ2v) is 2.39. The van der Waals surface area contributed by atoms with E-state index in [1.54, 1.807) is 0 Å². The molecular formula is C8H8ClNO. The highest BCUT2D eigenvalue weighted by molar-refractivity contribution is 6.16. The number of alkyl halides is 1. The molecular weight excluding hydrogens is 162 g/mol. The third kappa shape index (κ3) is 2.31. The van der Waals surface area contributed by atoms with E-state index in [4.69, 9.17) is 11.6 Å². The van der Waals surface area contributed by atoms with Gasteiger partial charge in [0, 0.05) is 12.1 Å². The first-order valence-corrected chi connectivity index (χ1v) is 3.84. The lowest BCUT2D eigenvalue weighted by molar-refractivity contribution is -0.107. The van der Waals surface area contributed by atoms with Gasteiger partial charge in [-0.15, -0.1) is 11.6 Å². The summed E-state index contributed by atoms with van der Waals surface area (Å²) in [5.74, 6) is 0.396. The van der Waals surface area contributed by atoms with Gasteiger partial charge in [-0.05, 0) is 12.1 Å². The highest BCUT2D eigenvalue weighted by Crippen LogP contribution is 2.01. The van der Waals surface area contributed by atoms with Gasteiger partial charge in [-0.3, -0.25) is 4.98 Å². The normalized spacial score (nSPS) is 9.55. The summed E-state index contributed by atoms with van der Waals surface area (Å²) in [6.07, 6.45) is 1.20. The number of aldehydes is 1. The summed E-state index contributed by atoms with van der Waals surface area (Å²) in [6.45, 7) is 0. The summed E-state index contributed by atoms with van der Waals surface area (Å²) in [5, 5.41) is 0. The zero-order chi connectivity index (χ0) is 8.10. The quantitative estimate of drug-likeness (QED) is 0.508. The van der Waals surface area contributed by atoms with Crippen molar-refractivity contribution < 1.29 is 4.79 Å². The standard InChI is InChI=1S/C8H8ClNO/c9-6-8-3-1-2-7(10-8)4-5-11/h1-3,5H,4,6H2. The maximum absolute atomic E-state index is 10.1. The monoisotopic (exact) mass is 169 g/mol. The lowest BCUT2D eigenvalue weighted by Crippen LogP contribution is -1.93. The molecule has 0 unspecified atom stereocenters. The van der Waals surface area contributed by atoms with Gasteiger partial charge < -0.3 is 4.79 Å². The van der Waals surface area contributed by atoms with Gasteiger partial charge in [0.1, 0.15) is 6.29 Å². The van der Waals surface area contributed by atoms with Crippen LogP contribution in [0.3, 0.4) is 0 Å². The number of hydrogen-bond acceptors (Lipinski definition) is 2. The van der Waals surface area contributed by atoms with Gasteiger partial charge in [-0.2, -0.15) is 0 Å². The molecule has 0 bridgehead atoms. The second-order valence-electron chi connectivity index (χ2n) is 2.12. The van der Waals surface area contributed by atoms with E-state index in [1.165, 1.54) is 0 Å². The third-order valence-corrected chi connectivity index (χ3v) is 1.57. The van der Waals surface area contributed by atoms with E-state index in [0.29, 0.717) is 12.3 Å². The minimum absolute atomic E-state index is 0.366. The van der Waals surface area contributed by atoms with Crippen molar-refractivity contribution in [3.8, 4) is 0 Å². The average Bonchev–Trinajstić information content (AvgIpc) is 2.06. The molecule has 0 aliphatic heterocycles. The Bertz CT molecular complexity index is 250. The van der Waals surface area contributed by atoms with Gasteiger partial charge in [-0.25, -0.2) is 0 Å². The zero-order valence-electron chi connectivity index (χ0n) is 5.96. The first kappa shape index (κ1) is 8.21. The molecule has 0 radical (unpaired) electrons. The molecule has 2 nitrogen and oxygen atoms in total. The van der Waals surface area contributed by atoms with Gasteiger partial charge in [0.05, 0.1) is 11.6 Å². The number of aromatic nitrogens is 1. The van der Waals surface area contributed by atoms with Gasteiger partial charge in [0.15, 0.2) is 0 Å². The molecule has 0 saturated heterocycles. The summed E-state index contributed by atoms with van der Waals surface area (Å²) in [5.41, 5.74) is 1.59. The Morgan fingerprint density at radius 1 is 1.45 bits per heavy atom. The predicted octanol–water partition coefficient (Wildman–Crippen LogP) is 1.56. The largest absolute Gasteiger partial charge is 0.303 e. The Balaban J connectivity index is 2.82. The van der Waals surface area contributed by atoms with Crippen molar-refractivity contribution in [1.82, 2.24) is 4.98 Å². The van der Waals surface area contributed by atoms with E-state index in [2.05, 4.69) is 4.98 Å². The molecule has 0 N–H and O–H groups in total. The summed E-state index contributed by atoms with van der Waals surface area (Å²) in [6, 6.07) is 5.50. The van der Waals surface area contributed by atoms with Crippen LogP contribution in [-0.4, -0.2) is 11.3 Å². The molecule has 3 heteroatoms. The minimum Gasteiger partial charge on any atom is -0.303 e. The van der Waals surface area contributed by atoms with Crippen molar-refractivity contribution in [3.63, 3.8) is 0 Å². The van der Waals surface area contributed by atoms with Crippen molar-refractivity contribution >= 4 is 17.9 Å². The van der Waals surface area contributed by atoms with Crippen LogP contribution in [0, 0.1) is 0 Å². The Morgan fingerprint density at radius 3 is 2.82 bits per heavy atom. The van der Waals surface area contributed by atoms with Crippen molar-refractivity contribution in [2.24, 2.45) is 0 Å². The molecule has 1 heterocycles. The van der Waals surface area contributed by atoms with Crippen LogP contribution in [0.2, 0.25) is 0 Å². The maximum Gasteiger partial charge on any atom is 0.125 e. The molecule has 1 aromatic rings. The highest BCUT2D eigenvalue weighted by atomic mass is 35.5. The SMILES string of the molecule is O=CCc1cccc(CCl)n1. The van der Waals surface area contributed by atoms with E-state index in [1.807, 2.05) is 18.2 Å². The summed E-state index contributed by atoms with van der Waals surface area (Å²) in [4.78, 5) is 14.2. The smallest absolute Gasteiger partial charge is 0.125 e. The molecule has 0 fully saturated rings. The predicted molar refractivity (Wildman–Crippen MR) is 43.6 cm³/mol. The van der Waals surface area contributed by atoms with Crippen LogP contribution < -0.4 is 0 Å². The van der Waals surface area contributed by atoms with Crippen LogP contribution in [0.4, 0.5) is 0 Å². The Morgan fingerprint density at radius 2 is 2.18 bits per heavy atom. The molecule has 11 heavy (non-hydrogen) atoms. The molecule has 1 rings (SSSR count). The first-order valence-electron chi connectivity index (χ1n) is 3.31. The van der Waals surface area contributed by atoms with Crippen molar-refractivity contribution in [2.75, 3.05) is 0 Å². The van der Waals surface area contributed by atoms with E-state index < -0.39 is 0 Å². The van der Waals surface area contributed by atoms with Crippen LogP contribution in [-0.2, 0) is 17.1 Å².